The van der Waals surface area contributed by atoms with Gasteiger partial charge in [0, 0.05) is 6.61 Å². The van der Waals surface area contributed by atoms with Crippen molar-refractivity contribution in [3.05, 3.63) is 48.6 Å². The van der Waals surface area contributed by atoms with Crippen LogP contribution in [0.15, 0.2) is 43.0 Å². The Morgan fingerprint density at radius 2 is 2.00 bits per heavy atom. The third-order valence-corrected chi connectivity index (χ3v) is 3.34. The Hall–Kier alpha value is -1.16. The zero-order valence-electron chi connectivity index (χ0n) is 12.4. The largest absolute Gasteiger partial charge is 0.377 e. The zero-order valence-corrected chi connectivity index (χ0v) is 12.4. The lowest BCUT2D eigenvalue weighted by atomic mass is 10.1. The van der Waals surface area contributed by atoms with Gasteiger partial charge >= 0.3 is 0 Å². The molecule has 1 aromatic rings. The topological polar surface area (TPSA) is 27.7 Å². The van der Waals surface area contributed by atoms with Crippen LogP contribution in [0.5, 0.6) is 0 Å². The second-order valence-electron chi connectivity index (χ2n) is 5.55. The van der Waals surface area contributed by atoms with Gasteiger partial charge in [0.25, 0.3) is 0 Å². The van der Waals surface area contributed by atoms with Crippen LogP contribution >= 0.6 is 0 Å². The molecule has 3 heteroatoms. The molecular formula is C17H24O3. The third-order valence-electron chi connectivity index (χ3n) is 3.34. The monoisotopic (exact) mass is 276 g/mol. The number of benzene rings is 1. The van der Waals surface area contributed by atoms with Crippen LogP contribution in [0.1, 0.15) is 32.3 Å². The van der Waals surface area contributed by atoms with Crippen LogP contribution in [-0.4, -0.2) is 24.6 Å². The highest BCUT2D eigenvalue weighted by molar-refractivity contribution is 5.13. The molecule has 0 amide bonds. The molecule has 1 saturated heterocycles. The molecule has 2 atom stereocenters. The molecule has 1 aromatic carbocycles. The Labute approximate surface area is 121 Å². The molecule has 1 aliphatic heterocycles. The molecule has 2 rings (SSSR count). The minimum atomic E-state index is -0.506. The Balaban J connectivity index is 1.65. The van der Waals surface area contributed by atoms with Gasteiger partial charge < -0.3 is 14.2 Å². The standard InChI is InChI=1S/C17H24O3/c1-4-15-16(20-17(2,3)19-15)11-8-12-18-13-14-9-6-5-7-10-14/h4-7,9-10,15-16H,1,8,11-13H2,2-3H3/t15-,16-/m1/s1. The molecule has 0 saturated carbocycles. The lowest BCUT2D eigenvalue weighted by molar-refractivity contribution is -0.143. The minimum Gasteiger partial charge on any atom is -0.377 e. The predicted octanol–water partition coefficient (Wildman–Crippen LogP) is 3.69. The molecule has 1 heterocycles. The van der Waals surface area contributed by atoms with Gasteiger partial charge in [0.05, 0.1) is 12.7 Å². The molecule has 20 heavy (non-hydrogen) atoms. The second kappa shape index (κ2) is 7.02. The fraction of sp³-hybridized carbons (Fsp3) is 0.529. The van der Waals surface area contributed by atoms with Crippen LogP contribution in [0.25, 0.3) is 0 Å². The Kier molecular flexibility index (Phi) is 5.35. The summed E-state index contributed by atoms with van der Waals surface area (Å²) in [7, 11) is 0. The van der Waals surface area contributed by atoms with Gasteiger partial charge in [0.15, 0.2) is 5.79 Å². The molecule has 110 valence electrons. The fourth-order valence-electron chi connectivity index (χ4n) is 2.44. The summed E-state index contributed by atoms with van der Waals surface area (Å²) in [5.74, 6) is -0.506. The molecule has 1 fully saturated rings. The van der Waals surface area contributed by atoms with Crippen molar-refractivity contribution < 1.29 is 14.2 Å². The van der Waals surface area contributed by atoms with E-state index in [-0.39, 0.29) is 12.2 Å². The molecule has 0 aliphatic carbocycles. The van der Waals surface area contributed by atoms with E-state index in [4.69, 9.17) is 14.2 Å². The maximum absolute atomic E-state index is 5.87. The highest BCUT2D eigenvalue weighted by Crippen LogP contribution is 2.30. The van der Waals surface area contributed by atoms with E-state index < -0.39 is 5.79 Å². The lowest BCUT2D eigenvalue weighted by Crippen LogP contribution is -2.21. The highest BCUT2D eigenvalue weighted by atomic mass is 16.7. The Bertz CT molecular complexity index is 414. The minimum absolute atomic E-state index is 0.0147. The van der Waals surface area contributed by atoms with E-state index in [1.54, 1.807) is 0 Å². The summed E-state index contributed by atoms with van der Waals surface area (Å²) in [6, 6.07) is 10.2. The molecule has 3 nitrogen and oxygen atoms in total. The van der Waals surface area contributed by atoms with Gasteiger partial charge in [-0.25, -0.2) is 0 Å². The smallest absolute Gasteiger partial charge is 0.164 e. The molecule has 0 N–H and O–H groups in total. The van der Waals surface area contributed by atoms with Gasteiger partial charge in [-0.3, -0.25) is 0 Å². The molecule has 0 bridgehead atoms. The zero-order chi connectivity index (χ0) is 14.4. The first-order valence-corrected chi connectivity index (χ1v) is 7.20. The first kappa shape index (κ1) is 15.2. The SMILES string of the molecule is C=C[C@H]1OC(C)(C)O[C@@H]1CCCOCc1ccccc1. The summed E-state index contributed by atoms with van der Waals surface area (Å²) < 4.78 is 17.3. The quantitative estimate of drug-likeness (QED) is 0.561. The molecule has 1 aliphatic rings. The summed E-state index contributed by atoms with van der Waals surface area (Å²) in [5, 5.41) is 0. The normalized spacial score (nSPS) is 24.7. The highest BCUT2D eigenvalue weighted by Gasteiger charge is 2.38. The van der Waals surface area contributed by atoms with E-state index in [0.29, 0.717) is 6.61 Å². The predicted molar refractivity (Wildman–Crippen MR) is 79.4 cm³/mol. The number of hydrogen-bond donors (Lipinski definition) is 0. The third kappa shape index (κ3) is 4.44. The molecule has 0 radical (unpaired) electrons. The van der Waals surface area contributed by atoms with Gasteiger partial charge in [-0.1, -0.05) is 36.4 Å². The lowest BCUT2D eigenvalue weighted by Gasteiger charge is -2.16. The van der Waals surface area contributed by atoms with Crippen LogP contribution in [0.3, 0.4) is 0 Å². The molecule has 0 spiro atoms. The van der Waals surface area contributed by atoms with E-state index in [1.165, 1.54) is 5.56 Å². The molecular weight excluding hydrogens is 252 g/mol. The van der Waals surface area contributed by atoms with Crippen molar-refractivity contribution in [3.8, 4) is 0 Å². The van der Waals surface area contributed by atoms with Gasteiger partial charge in [0.1, 0.15) is 6.10 Å². The van der Waals surface area contributed by atoms with E-state index in [0.717, 1.165) is 19.4 Å². The summed E-state index contributed by atoms with van der Waals surface area (Å²) in [6.45, 7) is 9.09. The number of ether oxygens (including phenoxy) is 3. The summed E-state index contributed by atoms with van der Waals surface area (Å²) in [5.41, 5.74) is 1.21. The van der Waals surface area contributed by atoms with Crippen LogP contribution in [0.2, 0.25) is 0 Å². The van der Waals surface area contributed by atoms with Crippen molar-refractivity contribution in [3.63, 3.8) is 0 Å². The van der Waals surface area contributed by atoms with E-state index >= 15 is 0 Å². The Morgan fingerprint density at radius 1 is 1.25 bits per heavy atom. The van der Waals surface area contributed by atoms with Gasteiger partial charge in [-0.15, -0.1) is 6.58 Å². The van der Waals surface area contributed by atoms with Crippen LogP contribution < -0.4 is 0 Å². The van der Waals surface area contributed by atoms with Gasteiger partial charge in [-0.05, 0) is 32.3 Å². The first-order valence-electron chi connectivity index (χ1n) is 7.20. The van der Waals surface area contributed by atoms with E-state index in [2.05, 4.69) is 18.7 Å². The van der Waals surface area contributed by atoms with Crippen molar-refractivity contribution in [2.45, 2.75) is 51.3 Å². The van der Waals surface area contributed by atoms with Gasteiger partial charge in [0.2, 0.25) is 0 Å². The number of hydrogen-bond acceptors (Lipinski definition) is 3. The van der Waals surface area contributed by atoms with Crippen molar-refractivity contribution in [2.75, 3.05) is 6.61 Å². The van der Waals surface area contributed by atoms with Crippen LogP contribution in [0, 0.1) is 0 Å². The van der Waals surface area contributed by atoms with E-state index in [1.807, 2.05) is 38.1 Å². The number of rotatable bonds is 7. The van der Waals surface area contributed by atoms with Crippen molar-refractivity contribution in [1.82, 2.24) is 0 Å². The molecule has 0 unspecified atom stereocenters. The van der Waals surface area contributed by atoms with Crippen LogP contribution in [0.4, 0.5) is 0 Å². The maximum Gasteiger partial charge on any atom is 0.164 e. The van der Waals surface area contributed by atoms with Crippen molar-refractivity contribution in [2.24, 2.45) is 0 Å². The second-order valence-corrected chi connectivity index (χ2v) is 5.55. The van der Waals surface area contributed by atoms with E-state index in [9.17, 15) is 0 Å². The Morgan fingerprint density at radius 3 is 2.70 bits per heavy atom. The average Bonchev–Trinajstić information content (AvgIpc) is 2.74. The summed E-state index contributed by atoms with van der Waals surface area (Å²) in [6.07, 6.45) is 3.78. The molecule has 0 aromatic heterocycles. The van der Waals surface area contributed by atoms with Crippen LogP contribution in [-0.2, 0) is 20.8 Å². The first-order chi connectivity index (χ1) is 9.61. The fourth-order valence-corrected chi connectivity index (χ4v) is 2.44. The van der Waals surface area contributed by atoms with Gasteiger partial charge in [-0.2, -0.15) is 0 Å². The maximum atomic E-state index is 5.87. The van der Waals surface area contributed by atoms with Crippen molar-refractivity contribution in [1.29, 1.82) is 0 Å². The average molecular weight is 276 g/mol. The van der Waals surface area contributed by atoms with Crippen molar-refractivity contribution >= 4 is 0 Å². The summed E-state index contributed by atoms with van der Waals surface area (Å²) >= 11 is 0. The summed E-state index contributed by atoms with van der Waals surface area (Å²) in [4.78, 5) is 0.